The van der Waals surface area contributed by atoms with Crippen LogP contribution in [0, 0.1) is 12.8 Å². The number of aliphatic hydroxyl groups is 1. The van der Waals surface area contributed by atoms with E-state index in [9.17, 15) is 14.7 Å². The molecule has 4 aromatic rings. The molecule has 194 valence electrons. The van der Waals surface area contributed by atoms with Crippen molar-refractivity contribution in [2.45, 2.75) is 26.8 Å². The number of aryl methyl sites for hydroxylation is 1. The molecule has 0 bridgehead atoms. The number of hydrogen-bond acceptors (Lipinski definition) is 7. The van der Waals surface area contributed by atoms with Gasteiger partial charge in [0.25, 0.3) is 5.78 Å². The van der Waals surface area contributed by atoms with E-state index in [4.69, 9.17) is 9.47 Å². The Labute approximate surface area is 225 Å². The second-order valence-corrected chi connectivity index (χ2v) is 10.7. The SMILES string of the molecule is COc1cccc(C2/C(=C(\O)c3ccc(OCC(C)C)cc3)C(=O)C(=O)N2c2nc3ccc(C)cc3s2)c1. The fourth-order valence-corrected chi connectivity index (χ4v) is 5.50. The third-order valence-electron chi connectivity index (χ3n) is 6.30. The van der Waals surface area contributed by atoms with E-state index < -0.39 is 17.7 Å². The predicted octanol–water partition coefficient (Wildman–Crippen LogP) is 6.27. The molecule has 0 spiro atoms. The van der Waals surface area contributed by atoms with Gasteiger partial charge in [0.1, 0.15) is 17.3 Å². The summed E-state index contributed by atoms with van der Waals surface area (Å²) in [6.45, 7) is 6.67. The van der Waals surface area contributed by atoms with E-state index in [0.29, 0.717) is 40.3 Å². The molecule has 1 unspecified atom stereocenters. The summed E-state index contributed by atoms with van der Waals surface area (Å²) in [5.41, 5.74) is 2.83. The molecule has 1 fully saturated rings. The molecule has 8 heteroatoms. The lowest BCUT2D eigenvalue weighted by atomic mass is 9.95. The molecule has 2 heterocycles. The standard InChI is InChI=1S/C30H28N2O5S/c1-17(2)16-37-21-11-9-19(10-12-21)27(33)25-26(20-6-5-7-22(15-20)36-4)32(29(35)28(25)34)30-31-23-13-8-18(3)14-24(23)38-30/h5-15,17,26,33H,16H2,1-4H3/b27-25+. The first-order valence-corrected chi connectivity index (χ1v) is 13.1. The highest BCUT2D eigenvalue weighted by molar-refractivity contribution is 7.22. The molecule has 7 nitrogen and oxygen atoms in total. The number of rotatable bonds is 7. The number of methoxy groups -OCH3 is 1. The summed E-state index contributed by atoms with van der Waals surface area (Å²) in [6, 6.07) is 18.9. The molecular formula is C30H28N2O5S. The second kappa shape index (κ2) is 10.3. The minimum Gasteiger partial charge on any atom is -0.507 e. The summed E-state index contributed by atoms with van der Waals surface area (Å²) in [5, 5.41) is 11.8. The predicted molar refractivity (Wildman–Crippen MR) is 149 cm³/mol. The van der Waals surface area contributed by atoms with Crippen LogP contribution in [-0.4, -0.2) is 35.5 Å². The van der Waals surface area contributed by atoms with Gasteiger partial charge < -0.3 is 14.6 Å². The van der Waals surface area contributed by atoms with Crippen LogP contribution in [0.3, 0.4) is 0 Å². The van der Waals surface area contributed by atoms with Gasteiger partial charge in [0, 0.05) is 5.56 Å². The van der Waals surface area contributed by atoms with Crippen LogP contribution in [0.25, 0.3) is 16.0 Å². The largest absolute Gasteiger partial charge is 0.507 e. The Hall–Kier alpha value is -4.17. The van der Waals surface area contributed by atoms with E-state index >= 15 is 0 Å². The number of benzene rings is 3. The molecule has 1 saturated heterocycles. The van der Waals surface area contributed by atoms with Crippen LogP contribution >= 0.6 is 11.3 Å². The molecule has 1 aromatic heterocycles. The Kier molecular flexibility index (Phi) is 6.91. The first-order chi connectivity index (χ1) is 18.3. The van der Waals surface area contributed by atoms with Gasteiger partial charge >= 0.3 is 5.91 Å². The van der Waals surface area contributed by atoms with Crippen molar-refractivity contribution in [3.05, 3.63) is 89.0 Å². The number of nitrogens with zero attached hydrogens (tertiary/aromatic N) is 2. The molecule has 1 aliphatic heterocycles. The Balaban J connectivity index is 1.64. The minimum absolute atomic E-state index is 0.00506. The van der Waals surface area contributed by atoms with Crippen LogP contribution < -0.4 is 14.4 Å². The Morgan fingerprint density at radius 2 is 1.82 bits per heavy atom. The van der Waals surface area contributed by atoms with Crippen LogP contribution in [0.2, 0.25) is 0 Å². The van der Waals surface area contributed by atoms with Gasteiger partial charge in [0.2, 0.25) is 0 Å². The summed E-state index contributed by atoms with van der Waals surface area (Å²) in [7, 11) is 1.55. The highest BCUT2D eigenvalue weighted by Crippen LogP contribution is 2.45. The third-order valence-corrected chi connectivity index (χ3v) is 7.32. The minimum atomic E-state index is -0.886. The van der Waals surface area contributed by atoms with E-state index in [2.05, 4.69) is 18.8 Å². The lowest BCUT2D eigenvalue weighted by Crippen LogP contribution is -2.29. The van der Waals surface area contributed by atoms with Gasteiger partial charge in [0.05, 0.1) is 35.5 Å². The van der Waals surface area contributed by atoms with Gasteiger partial charge in [-0.2, -0.15) is 0 Å². The van der Waals surface area contributed by atoms with E-state index in [0.717, 1.165) is 15.8 Å². The van der Waals surface area contributed by atoms with Crippen molar-refractivity contribution in [3.63, 3.8) is 0 Å². The summed E-state index contributed by atoms with van der Waals surface area (Å²) in [5.74, 6) is -0.179. The number of anilines is 1. The lowest BCUT2D eigenvalue weighted by molar-refractivity contribution is -0.132. The van der Waals surface area contributed by atoms with Crippen LogP contribution in [0.5, 0.6) is 11.5 Å². The van der Waals surface area contributed by atoms with E-state index in [1.54, 1.807) is 55.6 Å². The summed E-state index contributed by atoms with van der Waals surface area (Å²) < 4.78 is 12.1. The van der Waals surface area contributed by atoms with E-state index in [-0.39, 0.29) is 11.3 Å². The van der Waals surface area contributed by atoms with Crippen molar-refractivity contribution >= 4 is 44.1 Å². The number of carbonyl (C=O) groups excluding carboxylic acids is 2. The highest BCUT2D eigenvalue weighted by Gasteiger charge is 2.48. The Bertz CT molecular complexity index is 1550. The van der Waals surface area contributed by atoms with Crippen molar-refractivity contribution in [3.8, 4) is 11.5 Å². The Morgan fingerprint density at radius 1 is 1.05 bits per heavy atom. The van der Waals surface area contributed by atoms with Gasteiger partial charge in [-0.05, 0) is 72.5 Å². The molecule has 38 heavy (non-hydrogen) atoms. The number of carbonyl (C=O) groups is 2. The number of Topliss-reactive ketones (excluding diaryl/α,β-unsaturated/α-hetero) is 1. The van der Waals surface area contributed by atoms with E-state index in [1.807, 2.05) is 25.1 Å². The second-order valence-electron chi connectivity index (χ2n) is 9.64. The number of ketones is 1. The number of aliphatic hydroxyl groups excluding tert-OH is 1. The molecule has 1 amide bonds. The summed E-state index contributed by atoms with van der Waals surface area (Å²) in [6.07, 6.45) is 0. The third kappa shape index (κ3) is 4.75. The quantitative estimate of drug-likeness (QED) is 0.173. The van der Waals surface area contributed by atoms with Crippen molar-refractivity contribution in [1.29, 1.82) is 0 Å². The topological polar surface area (TPSA) is 89.0 Å². The van der Waals surface area contributed by atoms with Crippen LogP contribution in [0.1, 0.15) is 36.6 Å². The number of amides is 1. The van der Waals surface area contributed by atoms with Crippen LogP contribution in [-0.2, 0) is 9.59 Å². The fraction of sp³-hybridized carbons (Fsp3) is 0.233. The zero-order chi connectivity index (χ0) is 27.0. The number of ether oxygens (including phenoxy) is 2. The van der Waals surface area contributed by atoms with Crippen molar-refractivity contribution in [1.82, 2.24) is 4.98 Å². The first kappa shape index (κ1) is 25.5. The molecular weight excluding hydrogens is 500 g/mol. The van der Waals surface area contributed by atoms with Crippen molar-refractivity contribution in [2.24, 2.45) is 5.92 Å². The number of thiazole rings is 1. The van der Waals surface area contributed by atoms with Gasteiger partial charge in [-0.3, -0.25) is 14.5 Å². The van der Waals surface area contributed by atoms with Gasteiger partial charge in [-0.25, -0.2) is 4.98 Å². The average molecular weight is 529 g/mol. The van der Waals surface area contributed by atoms with Crippen molar-refractivity contribution in [2.75, 3.05) is 18.6 Å². The molecule has 0 saturated carbocycles. The maximum absolute atomic E-state index is 13.5. The average Bonchev–Trinajstić information content (AvgIpc) is 3.44. The molecule has 1 atom stereocenters. The van der Waals surface area contributed by atoms with Crippen LogP contribution in [0.4, 0.5) is 5.13 Å². The fourth-order valence-electron chi connectivity index (χ4n) is 4.41. The maximum atomic E-state index is 13.5. The molecule has 0 radical (unpaired) electrons. The van der Waals surface area contributed by atoms with Crippen LogP contribution in [0.15, 0.2) is 72.3 Å². The molecule has 3 aromatic carbocycles. The zero-order valence-electron chi connectivity index (χ0n) is 21.6. The van der Waals surface area contributed by atoms with Gasteiger partial charge in [-0.15, -0.1) is 0 Å². The Morgan fingerprint density at radius 3 is 2.53 bits per heavy atom. The van der Waals surface area contributed by atoms with E-state index in [1.165, 1.54) is 16.2 Å². The van der Waals surface area contributed by atoms with Crippen molar-refractivity contribution < 1.29 is 24.2 Å². The van der Waals surface area contributed by atoms with Gasteiger partial charge in [0.15, 0.2) is 5.13 Å². The maximum Gasteiger partial charge on any atom is 0.301 e. The monoisotopic (exact) mass is 528 g/mol. The highest BCUT2D eigenvalue weighted by atomic mass is 32.1. The normalized spacial score (nSPS) is 17.0. The molecule has 0 aliphatic carbocycles. The first-order valence-electron chi connectivity index (χ1n) is 12.3. The van der Waals surface area contributed by atoms with Gasteiger partial charge in [-0.1, -0.05) is 43.4 Å². The smallest absolute Gasteiger partial charge is 0.301 e. The number of aromatic nitrogens is 1. The molecule has 5 rings (SSSR count). The number of fused-ring (bicyclic) bond motifs is 1. The number of hydrogen-bond donors (Lipinski definition) is 1. The zero-order valence-corrected chi connectivity index (χ0v) is 22.4. The summed E-state index contributed by atoms with van der Waals surface area (Å²) in [4.78, 5) is 33.0. The molecule has 1 aliphatic rings. The molecule has 1 N–H and O–H groups in total. The summed E-state index contributed by atoms with van der Waals surface area (Å²) >= 11 is 1.33. The lowest BCUT2D eigenvalue weighted by Gasteiger charge is -2.23.